The van der Waals surface area contributed by atoms with E-state index >= 15 is 0 Å². The minimum Gasteiger partial charge on any atom is -0.312 e. The topological polar surface area (TPSA) is 42.7 Å². The number of rotatable bonds is 6. The summed E-state index contributed by atoms with van der Waals surface area (Å²) in [5.41, 5.74) is 0.950. The fraction of sp³-hybridized carbons (Fsp3) is 0.429. The third kappa shape index (κ3) is 4.05. The first-order chi connectivity index (χ1) is 9.56. The van der Waals surface area contributed by atoms with Gasteiger partial charge in [0.15, 0.2) is 5.16 Å². The Bertz CT molecular complexity index is 568. The summed E-state index contributed by atoms with van der Waals surface area (Å²) in [5.74, 6) is 0.368. The number of aryl methyl sites for hydroxylation is 1. The summed E-state index contributed by atoms with van der Waals surface area (Å²) in [4.78, 5) is 4.64. The normalized spacial score (nSPS) is 11.2. The smallest absolute Gasteiger partial charge is 0.190 e. The molecule has 0 saturated carbocycles. The number of aromatic nitrogens is 3. The molecule has 1 heterocycles. The molecule has 0 amide bonds. The molecule has 4 nitrogen and oxygen atoms in total. The van der Waals surface area contributed by atoms with Crippen LogP contribution in [-0.2, 0) is 13.6 Å². The van der Waals surface area contributed by atoms with Crippen LogP contribution in [0.3, 0.4) is 0 Å². The highest BCUT2D eigenvalue weighted by atomic mass is 32.2. The van der Waals surface area contributed by atoms with Crippen molar-refractivity contribution in [3.05, 3.63) is 35.9 Å². The van der Waals surface area contributed by atoms with E-state index in [4.69, 9.17) is 0 Å². The zero-order chi connectivity index (χ0) is 14.5. The maximum Gasteiger partial charge on any atom is 0.190 e. The van der Waals surface area contributed by atoms with E-state index in [1.165, 1.54) is 18.1 Å². The van der Waals surface area contributed by atoms with Crippen molar-refractivity contribution in [2.75, 3.05) is 6.54 Å². The molecule has 108 valence electrons. The molecule has 1 N–H and O–H groups in total. The Morgan fingerprint density at radius 1 is 1.40 bits per heavy atom. The van der Waals surface area contributed by atoms with Crippen molar-refractivity contribution in [3.63, 3.8) is 0 Å². The van der Waals surface area contributed by atoms with Crippen molar-refractivity contribution in [1.82, 2.24) is 20.1 Å². The second kappa shape index (κ2) is 6.85. The van der Waals surface area contributed by atoms with Gasteiger partial charge in [0.2, 0.25) is 0 Å². The average molecular weight is 294 g/mol. The van der Waals surface area contributed by atoms with E-state index < -0.39 is 0 Å². The Morgan fingerprint density at radius 2 is 2.20 bits per heavy atom. The fourth-order valence-corrected chi connectivity index (χ4v) is 2.49. The number of hydrogen-bond donors (Lipinski definition) is 1. The largest absolute Gasteiger partial charge is 0.312 e. The lowest BCUT2D eigenvalue weighted by molar-refractivity contribution is 0.548. The van der Waals surface area contributed by atoms with Crippen molar-refractivity contribution in [3.8, 4) is 0 Å². The first kappa shape index (κ1) is 15.0. The summed E-state index contributed by atoms with van der Waals surface area (Å²) in [6, 6.07) is 5.31. The maximum atomic E-state index is 14.1. The van der Waals surface area contributed by atoms with E-state index in [1.807, 2.05) is 6.07 Å². The summed E-state index contributed by atoms with van der Waals surface area (Å²) < 4.78 is 15.7. The summed E-state index contributed by atoms with van der Waals surface area (Å²) >= 11 is 1.28. The average Bonchev–Trinajstić information content (AvgIpc) is 2.78. The second-order valence-corrected chi connectivity index (χ2v) is 6.07. The van der Waals surface area contributed by atoms with Gasteiger partial charge in [0.25, 0.3) is 0 Å². The Hall–Kier alpha value is -1.40. The van der Waals surface area contributed by atoms with E-state index in [1.54, 1.807) is 23.9 Å². The van der Waals surface area contributed by atoms with Crippen molar-refractivity contribution < 1.29 is 4.39 Å². The molecule has 0 bridgehead atoms. The number of nitrogens with zero attached hydrogens (tertiary/aromatic N) is 3. The molecule has 0 unspecified atom stereocenters. The van der Waals surface area contributed by atoms with Gasteiger partial charge < -0.3 is 5.32 Å². The lowest BCUT2D eigenvalue weighted by Gasteiger charge is -2.09. The van der Waals surface area contributed by atoms with Gasteiger partial charge in [-0.3, -0.25) is 0 Å². The molecule has 0 aliphatic heterocycles. The van der Waals surface area contributed by atoms with Crippen molar-refractivity contribution >= 4 is 11.8 Å². The molecule has 0 aliphatic rings. The molecule has 0 atom stereocenters. The highest BCUT2D eigenvalue weighted by Crippen LogP contribution is 2.28. The minimum absolute atomic E-state index is 0.221. The molecule has 2 rings (SSSR count). The minimum atomic E-state index is -0.221. The number of benzene rings is 1. The van der Waals surface area contributed by atoms with Crippen LogP contribution in [0.15, 0.2) is 34.6 Å². The van der Waals surface area contributed by atoms with Gasteiger partial charge in [-0.15, -0.1) is 0 Å². The van der Waals surface area contributed by atoms with Crippen molar-refractivity contribution in [2.24, 2.45) is 13.0 Å². The van der Waals surface area contributed by atoms with Gasteiger partial charge in [-0.25, -0.2) is 14.1 Å². The molecule has 0 radical (unpaired) electrons. The standard InChI is InChI=1S/C14H19FN4S/c1-10(2)7-16-8-11-4-5-13(12(15)6-11)20-14-17-9-18-19(14)3/h4-6,9-10,16H,7-8H2,1-3H3. The quantitative estimate of drug-likeness (QED) is 0.889. The van der Waals surface area contributed by atoms with Crippen LogP contribution in [0.2, 0.25) is 0 Å². The number of nitrogens with one attached hydrogen (secondary N) is 1. The van der Waals surface area contributed by atoms with Gasteiger partial charge in [0.1, 0.15) is 12.1 Å². The molecule has 20 heavy (non-hydrogen) atoms. The van der Waals surface area contributed by atoms with Crippen LogP contribution in [0.1, 0.15) is 19.4 Å². The number of halogens is 1. The van der Waals surface area contributed by atoms with Gasteiger partial charge in [0, 0.05) is 13.6 Å². The van der Waals surface area contributed by atoms with Crippen LogP contribution in [-0.4, -0.2) is 21.3 Å². The van der Waals surface area contributed by atoms with Crippen LogP contribution in [0.4, 0.5) is 4.39 Å². The predicted molar refractivity (Wildman–Crippen MR) is 78.1 cm³/mol. The highest BCUT2D eigenvalue weighted by Gasteiger charge is 2.09. The molecule has 0 saturated heterocycles. The fourth-order valence-electron chi connectivity index (χ4n) is 1.72. The molecular formula is C14H19FN4S. The third-order valence-corrected chi connectivity index (χ3v) is 3.85. The van der Waals surface area contributed by atoms with Gasteiger partial charge in [0.05, 0.1) is 4.90 Å². The molecule has 1 aromatic carbocycles. The zero-order valence-corrected chi connectivity index (χ0v) is 12.7. The van der Waals surface area contributed by atoms with Crippen molar-refractivity contribution in [2.45, 2.75) is 30.4 Å². The molecule has 2 aromatic rings. The Kier molecular flexibility index (Phi) is 5.14. The summed E-state index contributed by atoms with van der Waals surface area (Å²) in [5, 5.41) is 7.95. The van der Waals surface area contributed by atoms with Gasteiger partial charge in [-0.1, -0.05) is 19.9 Å². The first-order valence-electron chi connectivity index (χ1n) is 6.57. The molecule has 6 heteroatoms. The van der Waals surface area contributed by atoms with Crippen LogP contribution in [0.5, 0.6) is 0 Å². The van der Waals surface area contributed by atoms with Gasteiger partial charge in [-0.2, -0.15) is 5.10 Å². The third-order valence-electron chi connectivity index (χ3n) is 2.75. The second-order valence-electron chi connectivity index (χ2n) is 5.06. The summed E-state index contributed by atoms with van der Waals surface area (Å²) in [7, 11) is 1.79. The molecule has 0 aliphatic carbocycles. The van der Waals surface area contributed by atoms with E-state index in [0.717, 1.165) is 12.1 Å². The Morgan fingerprint density at radius 3 is 2.80 bits per heavy atom. The predicted octanol–water partition coefficient (Wildman–Crippen LogP) is 2.85. The molecule has 0 spiro atoms. The van der Waals surface area contributed by atoms with E-state index in [9.17, 15) is 4.39 Å². The van der Waals surface area contributed by atoms with Crippen LogP contribution >= 0.6 is 11.8 Å². The molecule has 0 fully saturated rings. The van der Waals surface area contributed by atoms with Crippen LogP contribution in [0, 0.1) is 11.7 Å². The highest BCUT2D eigenvalue weighted by molar-refractivity contribution is 7.99. The maximum absolute atomic E-state index is 14.1. The van der Waals surface area contributed by atoms with Crippen molar-refractivity contribution in [1.29, 1.82) is 0 Å². The number of hydrogen-bond acceptors (Lipinski definition) is 4. The summed E-state index contributed by atoms with van der Waals surface area (Å²) in [6.07, 6.45) is 1.46. The molecular weight excluding hydrogens is 275 g/mol. The monoisotopic (exact) mass is 294 g/mol. The van der Waals surface area contributed by atoms with Crippen LogP contribution < -0.4 is 5.32 Å². The SMILES string of the molecule is CC(C)CNCc1ccc(Sc2ncnn2C)c(F)c1. The lowest BCUT2D eigenvalue weighted by atomic mass is 10.2. The van der Waals surface area contributed by atoms with E-state index in [-0.39, 0.29) is 5.82 Å². The van der Waals surface area contributed by atoms with E-state index in [0.29, 0.717) is 22.5 Å². The van der Waals surface area contributed by atoms with Gasteiger partial charge in [-0.05, 0) is 41.9 Å². The van der Waals surface area contributed by atoms with E-state index in [2.05, 4.69) is 29.2 Å². The van der Waals surface area contributed by atoms with Gasteiger partial charge >= 0.3 is 0 Å². The Balaban J connectivity index is 2.01. The first-order valence-corrected chi connectivity index (χ1v) is 7.39. The Labute approximate surface area is 122 Å². The summed E-state index contributed by atoms with van der Waals surface area (Å²) in [6.45, 7) is 5.91. The molecule has 1 aromatic heterocycles. The zero-order valence-electron chi connectivity index (χ0n) is 11.9. The van der Waals surface area contributed by atoms with Crippen LogP contribution in [0.25, 0.3) is 0 Å². The lowest BCUT2D eigenvalue weighted by Crippen LogP contribution is -2.18.